The van der Waals surface area contributed by atoms with Crippen molar-refractivity contribution in [2.45, 2.75) is 0 Å². The zero-order valence-corrected chi connectivity index (χ0v) is 22.7. The first-order valence-corrected chi connectivity index (χ1v) is 2.83. The number of hydrogen-bond acceptors (Lipinski definition) is 12. The number of carbonyl (C=O) groups excluding carboxylic acids is 12. The number of hydrogen-bond donors (Lipinski definition) is 0. The molecule has 0 saturated heterocycles. The molecule has 0 amide bonds. The molecule has 0 aliphatic heterocycles. The van der Waals surface area contributed by atoms with E-state index in [1.807, 2.05) is 0 Å². The Bertz CT molecular complexity index is 83.6. The van der Waals surface area contributed by atoms with Crippen LogP contribution in [0.25, 0.3) is 0 Å². The van der Waals surface area contributed by atoms with E-state index >= 15 is 0 Å². The first-order valence-electron chi connectivity index (χ1n) is 2.83. The molecule has 28 heavy (non-hydrogen) atoms. The molecule has 2 radical (unpaired) electrons. The molecule has 0 aromatic carbocycles. The minimum absolute atomic E-state index is 0. The molecule has 0 bridgehead atoms. The Morgan fingerprint density at radius 3 is 0.179 bits per heavy atom. The van der Waals surface area contributed by atoms with Crippen molar-refractivity contribution in [2.24, 2.45) is 0 Å². The van der Waals surface area contributed by atoms with E-state index in [0.29, 0.717) is 0 Å². The fourth-order valence-electron chi connectivity index (χ4n) is 0. The third-order valence-corrected chi connectivity index (χ3v) is 0. The number of rotatable bonds is 0. The van der Waals surface area contributed by atoms with E-state index in [4.69, 9.17) is 57.5 Å². The van der Waals surface area contributed by atoms with Gasteiger partial charge in [0.05, 0.1) is 0 Å². The molecule has 0 unspecified atom stereocenters. The minimum atomic E-state index is 0. The first kappa shape index (κ1) is 155. The smallest absolute Gasteiger partial charge is 0.545 e. The third kappa shape index (κ3) is 7410. The van der Waals surface area contributed by atoms with E-state index in [1.54, 1.807) is 0 Å². The second-order valence-corrected chi connectivity index (χ2v) is 0. The van der Waals surface area contributed by atoms with Crippen LogP contribution >= 0.6 is 0 Å². The van der Waals surface area contributed by atoms with Gasteiger partial charge in [-0.2, -0.15) is 0 Å². The Hall–Kier alpha value is -1.36. The van der Waals surface area contributed by atoms with Crippen LogP contribution in [0.5, 0.6) is 0 Å². The average molecular weight is 1120 g/mol. The zero-order chi connectivity index (χ0) is 24.0. The van der Waals surface area contributed by atoms with Gasteiger partial charge in [0, 0.05) is 40.2 Å². The molecule has 0 atom stereocenters. The summed E-state index contributed by atoms with van der Waals surface area (Å²) in [6, 6.07) is 0. The van der Waals surface area contributed by atoms with Crippen LogP contribution in [0.4, 0.5) is 0 Å². The molecular formula is C12H12Ir4O12-6. The van der Waals surface area contributed by atoms with Gasteiger partial charge in [0.15, 0.2) is 0 Å². The first-order chi connectivity index (χ1) is 12.0. The molecule has 174 valence electrons. The van der Waals surface area contributed by atoms with Crippen molar-refractivity contribution < 1.29 is 138 Å². The van der Waals surface area contributed by atoms with E-state index in [9.17, 15) is 0 Å². The Balaban J connectivity index is -0.00000000396. The van der Waals surface area contributed by atoms with Crippen LogP contribution in [0, 0.1) is 0 Å². The van der Waals surface area contributed by atoms with Crippen molar-refractivity contribution in [1.29, 1.82) is 0 Å². The van der Waals surface area contributed by atoms with E-state index in [1.165, 1.54) is 0 Å². The van der Waals surface area contributed by atoms with Crippen LogP contribution in [0.3, 0.4) is 0 Å². The van der Waals surface area contributed by atoms with Gasteiger partial charge >= 0.3 is 40.2 Å². The Labute approximate surface area is 218 Å². The molecule has 0 aliphatic carbocycles. The van der Waals surface area contributed by atoms with E-state index in [2.05, 4.69) is 81.5 Å². The van der Waals surface area contributed by atoms with Gasteiger partial charge < -0.3 is 57.5 Å². The predicted octanol–water partition coefficient (Wildman–Crippen LogP) is -3.30. The fourth-order valence-corrected chi connectivity index (χ4v) is 0. The van der Waals surface area contributed by atoms with Crippen molar-refractivity contribution in [3.8, 4) is 0 Å². The Kier molecular flexibility index (Phi) is 46300. The van der Waals surface area contributed by atoms with Crippen molar-refractivity contribution in [3.63, 3.8) is 0 Å². The van der Waals surface area contributed by atoms with Crippen LogP contribution < -0.4 is 0 Å². The monoisotopic (exact) mass is 1120 g/mol. The molecule has 0 aromatic rings. The predicted molar refractivity (Wildman–Crippen MR) is 81.0 cm³/mol. The van der Waals surface area contributed by atoms with Gasteiger partial charge in [-0.3, -0.25) is 81.5 Å². The Morgan fingerprint density at radius 2 is 0.179 bits per heavy atom. The van der Waals surface area contributed by atoms with Gasteiger partial charge in [-0.25, -0.2) is 0 Å². The van der Waals surface area contributed by atoms with Gasteiger partial charge in [0.2, 0.25) is 0 Å². The molecular weight excluding hydrogens is 1100 g/mol. The van der Waals surface area contributed by atoms with Crippen LogP contribution in [0.2, 0.25) is 0 Å². The molecule has 0 spiro atoms. The van der Waals surface area contributed by atoms with Gasteiger partial charge in [-0.15, -0.1) is 0 Å². The summed E-state index contributed by atoms with van der Waals surface area (Å²) in [6.45, 7) is 39.0. The van der Waals surface area contributed by atoms with Crippen molar-refractivity contribution in [1.82, 2.24) is 0 Å². The standard InChI is InChI=1S/12CHO.4Ir/c12*1-2;;;;/h12*1H;;;;/q12*-1;;;2*+3. The van der Waals surface area contributed by atoms with Crippen LogP contribution in [0.1, 0.15) is 0 Å². The summed E-state index contributed by atoms with van der Waals surface area (Å²) < 4.78 is 0. The van der Waals surface area contributed by atoms with Crippen LogP contribution in [-0.2, 0) is 138 Å². The molecule has 16 heteroatoms. The summed E-state index contributed by atoms with van der Waals surface area (Å²) in [5.41, 5.74) is 0. The molecule has 0 N–H and O–H groups in total. The second kappa shape index (κ2) is 8380. The maximum absolute atomic E-state index is 7.75. The van der Waals surface area contributed by atoms with E-state index in [-0.39, 0.29) is 80.4 Å². The molecule has 0 rings (SSSR count). The average Bonchev–Trinajstić information content (AvgIpc) is 2.84. The maximum Gasteiger partial charge on any atom is 3.00 e. The molecule has 0 fully saturated rings. The van der Waals surface area contributed by atoms with Gasteiger partial charge in [-0.1, -0.05) is 0 Å². The topological polar surface area (TPSA) is 205 Å². The van der Waals surface area contributed by atoms with Crippen molar-refractivity contribution >= 4 is 81.5 Å². The third-order valence-electron chi connectivity index (χ3n) is 0. The summed E-state index contributed by atoms with van der Waals surface area (Å²) >= 11 is 0. The van der Waals surface area contributed by atoms with Gasteiger partial charge in [0.25, 0.3) is 0 Å². The van der Waals surface area contributed by atoms with Gasteiger partial charge in [-0.05, 0) is 0 Å². The summed E-state index contributed by atoms with van der Waals surface area (Å²) in [5.74, 6) is 0. The maximum atomic E-state index is 7.75. The summed E-state index contributed by atoms with van der Waals surface area (Å²) in [6.07, 6.45) is 0. The molecule has 0 heterocycles. The largest absolute Gasteiger partial charge is 3.00 e. The molecule has 0 aliphatic rings. The van der Waals surface area contributed by atoms with Gasteiger partial charge in [0.1, 0.15) is 0 Å². The Morgan fingerprint density at radius 1 is 0.179 bits per heavy atom. The van der Waals surface area contributed by atoms with E-state index in [0.717, 1.165) is 0 Å². The summed E-state index contributed by atoms with van der Waals surface area (Å²) in [4.78, 5) is 93.0. The van der Waals surface area contributed by atoms with Crippen molar-refractivity contribution in [2.75, 3.05) is 0 Å². The zero-order valence-electron chi connectivity index (χ0n) is 13.2. The fraction of sp³-hybridized carbons (Fsp3) is 0. The minimum Gasteiger partial charge on any atom is -0.545 e. The molecule has 0 aromatic heterocycles. The second-order valence-electron chi connectivity index (χ2n) is 0. The van der Waals surface area contributed by atoms with E-state index < -0.39 is 0 Å². The normalized spacial score (nSPS) is 1.71. The van der Waals surface area contributed by atoms with Crippen LogP contribution in [-0.4, -0.2) is 81.5 Å². The summed E-state index contributed by atoms with van der Waals surface area (Å²) in [7, 11) is 0. The molecule has 12 nitrogen and oxygen atoms in total. The molecule has 0 saturated carbocycles. The SMILES string of the molecule is [CH-]=O.[CH-]=O.[CH-]=O.[CH-]=O.[CH-]=O.[CH-]=O.[CH-]=O.[CH-]=O.[CH-]=O.[CH-]=O.[CH-]=O.[CH-]=O.[Ir+3].[Ir+3].[Ir].[Ir]. The quantitative estimate of drug-likeness (QED) is 0.173. The van der Waals surface area contributed by atoms with Crippen LogP contribution in [0.15, 0.2) is 0 Å². The summed E-state index contributed by atoms with van der Waals surface area (Å²) in [5, 5.41) is 0. The van der Waals surface area contributed by atoms with Crippen molar-refractivity contribution in [3.05, 3.63) is 0 Å².